The molecule has 0 unspecified atom stereocenters. The Morgan fingerprint density at radius 1 is 0.964 bits per heavy atom. The van der Waals surface area contributed by atoms with Gasteiger partial charge in [0.2, 0.25) is 5.91 Å². The van der Waals surface area contributed by atoms with Crippen LogP contribution in [0, 0.1) is 0 Å². The Kier molecular flexibility index (Phi) is 5.48. The van der Waals surface area contributed by atoms with Gasteiger partial charge >= 0.3 is 6.18 Å². The first-order valence-corrected chi connectivity index (χ1v) is 8.65. The second kappa shape index (κ2) is 7.84. The average Bonchev–Trinajstić information content (AvgIpc) is 2.91. The molecule has 1 aliphatic rings. The molecule has 1 heterocycles. The van der Waals surface area contributed by atoms with Gasteiger partial charge in [0.05, 0.1) is 16.7 Å². The van der Waals surface area contributed by atoms with Crippen molar-refractivity contribution in [1.82, 2.24) is 10.2 Å². The van der Waals surface area contributed by atoms with Crippen molar-refractivity contribution in [2.45, 2.75) is 25.6 Å². The maximum absolute atomic E-state index is 12.7. The first kappa shape index (κ1) is 19.6. The third-order valence-corrected chi connectivity index (χ3v) is 4.41. The summed E-state index contributed by atoms with van der Waals surface area (Å²) in [5.74, 6) is -1.14. The molecular formula is C20H17F3N2O3. The maximum Gasteiger partial charge on any atom is 0.416 e. The smallest absolute Gasteiger partial charge is 0.352 e. The van der Waals surface area contributed by atoms with Gasteiger partial charge in [0.25, 0.3) is 11.8 Å². The zero-order chi connectivity index (χ0) is 20.3. The highest BCUT2D eigenvalue weighted by atomic mass is 19.4. The van der Waals surface area contributed by atoms with Crippen LogP contribution in [0.15, 0.2) is 48.5 Å². The number of rotatable bonds is 6. The van der Waals surface area contributed by atoms with E-state index in [4.69, 9.17) is 0 Å². The van der Waals surface area contributed by atoms with Crippen LogP contribution in [0.3, 0.4) is 0 Å². The van der Waals surface area contributed by atoms with Gasteiger partial charge in [-0.1, -0.05) is 24.3 Å². The summed E-state index contributed by atoms with van der Waals surface area (Å²) >= 11 is 0. The first-order valence-electron chi connectivity index (χ1n) is 8.65. The molecule has 8 heteroatoms. The number of carbonyl (C=O) groups is 3. The SMILES string of the molecule is O=C(CCCN1C(=O)c2ccccc2C1=O)NCc1cccc(C(F)(F)F)c1. The molecule has 0 spiro atoms. The summed E-state index contributed by atoms with van der Waals surface area (Å²) in [5, 5.41) is 2.55. The van der Waals surface area contributed by atoms with E-state index < -0.39 is 11.7 Å². The summed E-state index contributed by atoms with van der Waals surface area (Å²) in [6.07, 6.45) is -4.13. The van der Waals surface area contributed by atoms with Crippen molar-refractivity contribution >= 4 is 17.7 Å². The molecular weight excluding hydrogens is 373 g/mol. The van der Waals surface area contributed by atoms with Crippen LogP contribution in [0.5, 0.6) is 0 Å². The number of fused-ring (bicyclic) bond motifs is 1. The number of nitrogens with zero attached hydrogens (tertiary/aromatic N) is 1. The summed E-state index contributed by atoms with van der Waals surface area (Å²) in [7, 11) is 0. The minimum Gasteiger partial charge on any atom is -0.352 e. The predicted octanol–water partition coefficient (Wildman–Crippen LogP) is 3.40. The topological polar surface area (TPSA) is 66.5 Å². The van der Waals surface area contributed by atoms with Gasteiger partial charge in [-0.3, -0.25) is 19.3 Å². The molecule has 28 heavy (non-hydrogen) atoms. The minimum absolute atomic E-state index is 0.0320. The van der Waals surface area contributed by atoms with E-state index in [9.17, 15) is 27.6 Å². The Hall–Kier alpha value is -3.16. The quantitative estimate of drug-likeness (QED) is 0.769. The van der Waals surface area contributed by atoms with E-state index in [2.05, 4.69) is 5.32 Å². The zero-order valence-corrected chi connectivity index (χ0v) is 14.8. The van der Waals surface area contributed by atoms with E-state index in [1.54, 1.807) is 24.3 Å². The molecule has 2 aromatic rings. The van der Waals surface area contributed by atoms with Crippen LogP contribution >= 0.6 is 0 Å². The van der Waals surface area contributed by atoms with Crippen LogP contribution in [0.1, 0.15) is 44.7 Å². The molecule has 5 nitrogen and oxygen atoms in total. The van der Waals surface area contributed by atoms with E-state index in [0.717, 1.165) is 17.0 Å². The fourth-order valence-electron chi connectivity index (χ4n) is 2.99. The molecule has 0 radical (unpaired) electrons. The Labute approximate surface area is 159 Å². The number of amides is 3. The molecule has 3 amide bonds. The highest BCUT2D eigenvalue weighted by Gasteiger charge is 2.34. The average molecular weight is 390 g/mol. The van der Waals surface area contributed by atoms with Gasteiger partial charge in [0.15, 0.2) is 0 Å². The lowest BCUT2D eigenvalue weighted by molar-refractivity contribution is -0.137. The number of nitrogens with one attached hydrogen (secondary N) is 1. The van der Waals surface area contributed by atoms with Gasteiger partial charge < -0.3 is 5.32 Å². The van der Waals surface area contributed by atoms with Crippen LogP contribution in [0.4, 0.5) is 13.2 Å². The molecule has 146 valence electrons. The Bertz CT molecular complexity index is 890. The van der Waals surface area contributed by atoms with Gasteiger partial charge in [-0.25, -0.2) is 0 Å². The first-order chi connectivity index (χ1) is 13.3. The fourth-order valence-corrected chi connectivity index (χ4v) is 2.99. The van der Waals surface area contributed by atoms with Gasteiger partial charge in [-0.2, -0.15) is 13.2 Å². The lowest BCUT2D eigenvalue weighted by Crippen LogP contribution is -2.32. The van der Waals surface area contributed by atoms with Crippen LogP contribution in [-0.4, -0.2) is 29.2 Å². The second-order valence-electron chi connectivity index (χ2n) is 6.39. The molecule has 0 fully saturated rings. The maximum atomic E-state index is 12.7. The summed E-state index contributed by atoms with van der Waals surface area (Å²) in [6, 6.07) is 11.2. The molecule has 0 atom stereocenters. The summed E-state index contributed by atoms with van der Waals surface area (Å²) in [4.78, 5) is 37.5. The number of alkyl halides is 3. The van der Waals surface area contributed by atoms with Crippen molar-refractivity contribution in [1.29, 1.82) is 0 Å². The zero-order valence-electron chi connectivity index (χ0n) is 14.8. The highest BCUT2D eigenvalue weighted by molar-refractivity contribution is 6.21. The molecule has 2 aromatic carbocycles. The van der Waals surface area contributed by atoms with Crippen LogP contribution in [0.25, 0.3) is 0 Å². The number of hydrogen-bond donors (Lipinski definition) is 1. The number of benzene rings is 2. The largest absolute Gasteiger partial charge is 0.416 e. The fraction of sp³-hybridized carbons (Fsp3) is 0.250. The Morgan fingerprint density at radius 3 is 2.21 bits per heavy atom. The number of halogens is 3. The third kappa shape index (κ3) is 4.21. The predicted molar refractivity (Wildman–Crippen MR) is 94.3 cm³/mol. The lowest BCUT2D eigenvalue weighted by atomic mass is 10.1. The number of imide groups is 1. The van der Waals surface area contributed by atoms with Gasteiger partial charge in [0, 0.05) is 19.5 Å². The molecule has 0 aliphatic carbocycles. The Morgan fingerprint density at radius 2 is 1.61 bits per heavy atom. The molecule has 1 aliphatic heterocycles. The van der Waals surface area contributed by atoms with Gasteiger partial charge in [-0.05, 0) is 36.2 Å². The Balaban J connectivity index is 1.47. The standard InChI is InChI=1S/C20H17F3N2O3/c21-20(22,23)14-6-3-5-13(11-14)12-24-17(26)9-4-10-25-18(27)15-7-1-2-8-16(15)19(25)28/h1-3,5-8,11H,4,9-10,12H2,(H,24,26). The highest BCUT2D eigenvalue weighted by Crippen LogP contribution is 2.29. The van der Waals surface area contributed by atoms with Crippen molar-refractivity contribution in [3.63, 3.8) is 0 Å². The van der Waals surface area contributed by atoms with Crippen LogP contribution in [-0.2, 0) is 17.5 Å². The molecule has 0 aromatic heterocycles. The van der Waals surface area contributed by atoms with E-state index in [-0.39, 0.29) is 43.7 Å². The van der Waals surface area contributed by atoms with Crippen LogP contribution < -0.4 is 5.32 Å². The summed E-state index contributed by atoms with van der Waals surface area (Å²) < 4.78 is 38.1. The van der Waals surface area contributed by atoms with Crippen molar-refractivity contribution in [3.8, 4) is 0 Å². The van der Waals surface area contributed by atoms with Crippen molar-refractivity contribution in [2.75, 3.05) is 6.54 Å². The minimum atomic E-state index is -4.44. The van der Waals surface area contributed by atoms with E-state index in [1.807, 2.05) is 0 Å². The normalized spacial score (nSPS) is 13.6. The second-order valence-corrected chi connectivity index (χ2v) is 6.39. The van der Waals surface area contributed by atoms with E-state index in [1.165, 1.54) is 12.1 Å². The van der Waals surface area contributed by atoms with Crippen LogP contribution in [0.2, 0.25) is 0 Å². The summed E-state index contributed by atoms with van der Waals surface area (Å²) in [5.41, 5.74) is 0.261. The monoisotopic (exact) mass is 390 g/mol. The van der Waals surface area contributed by atoms with Gasteiger partial charge in [0.1, 0.15) is 0 Å². The van der Waals surface area contributed by atoms with Crippen molar-refractivity contribution in [2.24, 2.45) is 0 Å². The van der Waals surface area contributed by atoms with E-state index >= 15 is 0 Å². The molecule has 3 rings (SSSR count). The van der Waals surface area contributed by atoms with E-state index in [0.29, 0.717) is 16.7 Å². The molecule has 0 saturated heterocycles. The third-order valence-electron chi connectivity index (χ3n) is 4.41. The number of hydrogen-bond acceptors (Lipinski definition) is 3. The van der Waals surface area contributed by atoms with Crippen molar-refractivity contribution < 1.29 is 27.6 Å². The lowest BCUT2D eigenvalue weighted by Gasteiger charge is -2.13. The molecule has 1 N–H and O–H groups in total. The van der Waals surface area contributed by atoms with Crippen molar-refractivity contribution in [3.05, 3.63) is 70.8 Å². The number of carbonyl (C=O) groups excluding carboxylic acids is 3. The molecule has 0 saturated carbocycles. The molecule has 0 bridgehead atoms. The van der Waals surface area contributed by atoms with Gasteiger partial charge in [-0.15, -0.1) is 0 Å². The summed E-state index contributed by atoms with van der Waals surface area (Å²) in [6.45, 7) is 0.0685.